The minimum Gasteiger partial charge on any atom is -0.378 e. The molecule has 0 heterocycles. The normalized spacial score (nSPS) is 10.7. The number of hydrazone groups is 1. The minimum atomic E-state index is -0.499. The van der Waals surface area contributed by atoms with Gasteiger partial charge in [0.05, 0.1) is 11.2 Å². The van der Waals surface area contributed by atoms with E-state index in [9.17, 15) is 9.18 Å². The number of nitrogens with one attached hydrogen (secondary N) is 1. The average molecular weight is 320 g/mol. The van der Waals surface area contributed by atoms with Gasteiger partial charge in [0.25, 0.3) is 5.91 Å². The second-order valence-electron chi connectivity index (χ2n) is 4.78. The summed E-state index contributed by atoms with van der Waals surface area (Å²) in [6.07, 6.45) is 1.18. The summed E-state index contributed by atoms with van der Waals surface area (Å²) in [4.78, 5) is 13.9. The molecular weight excluding hydrogens is 305 g/mol. The van der Waals surface area contributed by atoms with Gasteiger partial charge in [0, 0.05) is 30.9 Å². The third-order valence-corrected chi connectivity index (χ3v) is 3.33. The SMILES string of the molecule is CN(C)c1ccc(C(=O)NN=Cc2c(F)cccc2Cl)cc1. The fourth-order valence-corrected chi connectivity index (χ4v) is 1.98. The molecule has 0 bridgehead atoms. The molecule has 0 saturated heterocycles. The van der Waals surface area contributed by atoms with Crippen LogP contribution in [0.2, 0.25) is 5.02 Å². The molecule has 1 amide bonds. The van der Waals surface area contributed by atoms with Gasteiger partial charge in [0.1, 0.15) is 5.82 Å². The van der Waals surface area contributed by atoms with Crippen molar-refractivity contribution in [1.82, 2.24) is 5.43 Å². The summed E-state index contributed by atoms with van der Waals surface area (Å²) >= 11 is 5.86. The third kappa shape index (κ3) is 3.83. The lowest BCUT2D eigenvalue weighted by molar-refractivity contribution is 0.0955. The van der Waals surface area contributed by atoms with Crippen LogP contribution in [0.25, 0.3) is 0 Å². The highest BCUT2D eigenvalue weighted by Crippen LogP contribution is 2.16. The van der Waals surface area contributed by atoms with Crippen molar-refractivity contribution in [1.29, 1.82) is 0 Å². The first kappa shape index (κ1) is 16.0. The van der Waals surface area contributed by atoms with Crippen molar-refractivity contribution in [2.75, 3.05) is 19.0 Å². The largest absolute Gasteiger partial charge is 0.378 e. The first-order valence-electron chi connectivity index (χ1n) is 6.54. The van der Waals surface area contributed by atoms with Gasteiger partial charge in [-0.05, 0) is 36.4 Å². The predicted octanol–water partition coefficient (Wildman–Crippen LogP) is 3.31. The molecule has 0 aliphatic heterocycles. The number of hydrogen-bond donors (Lipinski definition) is 1. The molecule has 0 aromatic heterocycles. The second kappa shape index (κ2) is 7.04. The molecule has 2 aromatic carbocycles. The Kier molecular flexibility index (Phi) is 5.12. The van der Waals surface area contributed by atoms with Crippen LogP contribution in [0.4, 0.5) is 10.1 Å². The number of hydrogen-bond acceptors (Lipinski definition) is 3. The third-order valence-electron chi connectivity index (χ3n) is 3.01. The Hall–Kier alpha value is -2.40. The molecule has 0 spiro atoms. The summed E-state index contributed by atoms with van der Waals surface area (Å²) in [6, 6.07) is 11.4. The molecule has 114 valence electrons. The minimum absolute atomic E-state index is 0.132. The van der Waals surface area contributed by atoms with Gasteiger partial charge in [-0.25, -0.2) is 9.82 Å². The maximum absolute atomic E-state index is 13.5. The van der Waals surface area contributed by atoms with Gasteiger partial charge in [0.2, 0.25) is 0 Å². The number of nitrogens with zero attached hydrogens (tertiary/aromatic N) is 2. The van der Waals surface area contributed by atoms with E-state index in [1.165, 1.54) is 18.3 Å². The molecule has 0 atom stereocenters. The summed E-state index contributed by atoms with van der Waals surface area (Å²) < 4.78 is 13.5. The predicted molar refractivity (Wildman–Crippen MR) is 87.2 cm³/mol. The highest BCUT2D eigenvalue weighted by molar-refractivity contribution is 6.33. The number of benzene rings is 2. The summed E-state index contributed by atoms with van der Waals surface area (Å²) in [5.41, 5.74) is 3.92. The molecule has 0 aliphatic carbocycles. The summed E-state index contributed by atoms with van der Waals surface area (Å²) in [5.74, 6) is -0.880. The fraction of sp³-hybridized carbons (Fsp3) is 0.125. The molecule has 1 N–H and O–H groups in total. The molecule has 0 radical (unpaired) electrons. The van der Waals surface area contributed by atoms with Crippen molar-refractivity contribution in [3.8, 4) is 0 Å². The molecule has 2 aromatic rings. The van der Waals surface area contributed by atoms with Crippen LogP contribution in [-0.4, -0.2) is 26.2 Å². The van der Waals surface area contributed by atoms with E-state index in [0.717, 1.165) is 5.69 Å². The van der Waals surface area contributed by atoms with Crippen molar-refractivity contribution in [3.63, 3.8) is 0 Å². The van der Waals surface area contributed by atoms with Crippen LogP contribution >= 0.6 is 11.6 Å². The number of carbonyl (C=O) groups excluding carboxylic acids is 1. The van der Waals surface area contributed by atoms with E-state index < -0.39 is 5.82 Å². The number of carbonyl (C=O) groups is 1. The Morgan fingerprint density at radius 3 is 2.50 bits per heavy atom. The van der Waals surface area contributed by atoms with Crippen LogP contribution in [0.3, 0.4) is 0 Å². The Balaban J connectivity index is 2.05. The van der Waals surface area contributed by atoms with E-state index in [4.69, 9.17) is 11.6 Å². The monoisotopic (exact) mass is 319 g/mol. The lowest BCUT2D eigenvalue weighted by Crippen LogP contribution is -2.18. The maximum Gasteiger partial charge on any atom is 0.271 e. The van der Waals surface area contributed by atoms with Gasteiger partial charge < -0.3 is 4.90 Å². The number of rotatable bonds is 4. The number of amides is 1. The summed E-state index contributed by atoms with van der Waals surface area (Å²) in [6.45, 7) is 0. The van der Waals surface area contributed by atoms with E-state index in [-0.39, 0.29) is 16.5 Å². The zero-order chi connectivity index (χ0) is 16.1. The van der Waals surface area contributed by atoms with Crippen LogP contribution < -0.4 is 10.3 Å². The standard InChI is InChI=1S/C16H15ClFN3O/c1-21(2)12-8-6-11(7-9-12)16(22)20-19-10-13-14(17)4-3-5-15(13)18/h3-10H,1-2H3,(H,20,22). The molecule has 22 heavy (non-hydrogen) atoms. The Bertz CT molecular complexity index is 679. The molecule has 0 aliphatic rings. The van der Waals surface area contributed by atoms with Gasteiger partial charge in [-0.3, -0.25) is 4.79 Å². The molecule has 0 fully saturated rings. The van der Waals surface area contributed by atoms with E-state index in [0.29, 0.717) is 5.56 Å². The Morgan fingerprint density at radius 1 is 1.23 bits per heavy atom. The van der Waals surface area contributed by atoms with Gasteiger partial charge in [0.15, 0.2) is 0 Å². The van der Waals surface area contributed by atoms with Gasteiger partial charge in [-0.1, -0.05) is 17.7 Å². The smallest absolute Gasteiger partial charge is 0.271 e. The zero-order valence-electron chi connectivity index (χ0n) is 12.2. The van der Waals surface area contributed by atoms with Crippen molar-refractivity contribution < 1.29 is 9.18 Å². The van der Waals surface area contributed by atoms with Crippen LogP contribution in [0.1, 0.15) is 15.9 Å². The number of halogens is 2. The van der Waals surface area contributed by atoms with Crippen LogP contribution in [0, 0.1) is 5.82 Å². The van der Waals surface area contributed by atoms with E-state index in [1.54, 1.807) is 18.2 Å². The first-order valence-corrected chi connectivity index (χ1v) is 6.91. The molecule has 2 rings (SSSR count). The van der Waals surface area contributed by atoms with Crippen molar-refractivity contribution >= 4 is 29.4 Å². The van der Waals surface area contributed by atoms with Crippen LogP contribution in [0.15, 0.2) is 47.6 Å². The Morgan fingerprint density at radius 2 is 1.91 bits per heavy atom. The summed E-state index contributed by atoms with van der Waals surface area (Å²) in [7, 11) is 3.83. The fourth-order valence-electron chi connectivity index (χ4n) is 1.76. The van der Waals surface area contributed by atoms with Crippen molar-refractivity contribution in [2.24, 2.45) is 5.10 Å². The topological polar surface area (TPSA) is 44.7 Å². The first-order chi connectivity index (χ1) is 10.5. The van der Waals surface area contributed by atoms with Gasteiger partial charge in [-0.15, -0.1) is 0 Å². The van der Waals surface area contributed by atoms with E-state index in [2.05, 4.69) is 10.5 Å². The van der Waals surface area contributed by atoms with Gasteiger partial charge >= 0.3 is 0 Å². The lowest BCUT2D eigenvalue weighted by Gasteiger charge is -2.12. The van der Waals surface area contributed by atoms with E-state index in [1.807, 2.05) is 31.1 Å². The second-order valence-corrected chi connectivity index (χ2v) is 5.18. The quantitative estimate of drug-likeness (QED) is 0.694. The maximum atomic E-state index is 13.5. The average Bonchev–Trinajstić information content (AvgIpc) is 2.50. The molecule has 4 nitrogen and oxygen atoms in total. The van der Waals surface area contributed by atoms with Gasteiger partial charge in [-0.2, -0.15) is 5.10 Å². The highest BCUT2D eigenvalue weighted by atomic mass is 35.5. The summed E-state index contributed by atoms with van der Waals surface area (Å²) in [5, 5.41) is 3.97. The Labute approximate surface area is 133 Å². The van der Waals surface area contributed by atoms with Crippen LogP contribution in [0.5, 0.6) is 0 Å². The molecule has 0 unspecified atom stereocenters. The molecule has 6 heteroatoms. The van der Waals surface area contributed by atoms with Crippen molar-refractivity contribution in [2.45, 2.75) is 0 Å². The number of anilines is 1. The van der Waals surface area contributed by atoms with Crippen LogP contribution in [-0.2, 0) is 0 Å². The highest BCUT2D eigenvalue weighted by Gasteiger charge is 2.06. The van der Waals surface area contributed by atoms with Crippen molar-refractivity contribution in [3.05, 3.63) is 64.4 Å². The zero-order valence-corrected chi connectivity index (χ0v) is 12.9. The van der Waals surface area contributed by atoms with E-state index >= 15 is 0 Å². The molecule has 0 saturated carbocycles. The molecular formula is C16H15ClFN3O. The lowest BCUT2D eigenvalue weighted by atomic mass is 10.2.